The van der Waals surface area contributed by atoms with Crippen LogP contribution in [0.25, 0.3) is 0 Å². The third-order valence-electron chi connectivity index (χ3n) is 6.53. The molecule has 1 aromatic rings. The minimum Gasteiger partial charge on any atom is -0.383 e. The van der Waals surface area contributed by atoms with Gasteiger partial charge in [0.15, 0.2) is 0 Å². The van der Waals surface area contributed by atoms with E-state index in [1.165, 1.54) is 0 Å². The highest BCUT2D eigenvalue weighted by atomic mass is 16.5. The molecule has 1 saturated carbocycles. The van der Waals surface area contributed by atoms with Crippen LogP contribution < -0.4 is 5.32 Å². The molecule has 2 aliphatic heterocycles. The van der Waals surface area contributed by atoms with Crippen LogP contribution in [0.3, 0.4) is 0 Å². The molecule has 6 nitrogen and oxygen atoms in total. The van der Waals surface area contributed by atoms with Gasteiger partial charge in [0.05, 0.1) is 12.6 Å². The number of nitrogens with zero attached hydrogens (tertiary/aromatic N) is 3. The van der Waals surface area contributed by atoms with E-state index in [2.05, 4.69) is 33.6 Å². The van der Waals surface area contributed by atoms with E-state index in [1.807, 2.05) is 12.4 Å². The third kappa shape index (κ3) is 2.79. The quantitative estimate of drug-likeness (QED) is 0.884. The zero-order valence-corrected chi connectivity index (χ0v) is 15.6. The van der Waals surface area contributed by atoms with Gasteiger partial charge in [0.1, 0.15) is 5.82 Å². The van der Waals surface area contributed by atoms with Gasteiger partial charge in [-0.05, 0) is 37.8 Å². The summed E-state index contributed by atoms with van der Waals surface area (Å²) in [6.07, 6.45) is 7.21. The normalized spacial score (nSPS) is 29.5. The summed E-state index contributed by atoms with van der Waals surface area (Å²) in [6.45, 7) is 8.86. The number of rotatable bonds is 5. The van der Waals surface area contributed by atoms with Crippen LogP contribution in [-0.4, -0.2) is 53.7 Å². The molecule has 1 amide bonds. The summed E-state index contributed by atoms with van der Waals surface area (Å²) in [7, 11) is 1.71. The highest BCUT2D eigenvalue weighted by Crippen LogP contribution is 2.61. The summed E-state index contributed by atoms with van der Waals surface area (Å²) in [5.41, 5.74) is 0.361. The van der Waals surface area contributed by atoms with Crippen LogP contribution in [0, 0.1) is 16.7 Å². The lowest BCUT2D eigenvalue weighted by Gasteiger charge is -2.54. The maximum Gasteiger partial charge on any atom is 0.226 e. The molecule has 25 heavy (non-hydrogen) atoms. The lowest BCUT2D eigenvalue weighted by Crippen LogP contribution is -2.59. The Hall–Kier alpha value is -1.40. The van der Waals surface area contributed by atoms with Crippen LogP contribution in [0.2, 0.25) is 0 Å². The monoisotopic (exact) mass is 346 g/mol. The van der Waals surface area contributed by atoms with Gasteiger partial charge in [-0.3, -0.25) is 4.79 Å². The van der Waals surface area contributed by atoms with Crippen molar-refractivity contribution in [2.75, 3.05) is 33.4 Å². The molecule has 1 spiro atoms. The molecule has 3 fully saturated rings. The van der Waals surface area contributed by atoms with Gasteiger partial charge in [-0.2, -0.15) is 0 Å². The summed E-state index contributed by atoms with van der Waals surface area (Å²) < 4.78 is 7.36. The average molecular weight is 346 g/mol. The Balaban J connectivity index is 1.51. The van der Waals surface area contributed by atoms with E-state index in [9.17, 15) is 4.79 Å². The van der Waals surface area contributed by atoms with E-state index in [-0.39, 0.29) is 22.8 Å². The minimum atomic E-state index is 0.0714. The summed E-state index contributed by atoms with van der Waals surface area (Å²) in [5, 5.41) is 3.42. The first-order chi connectivity index (χ1) is 12.0. The van der Waals surface area contributed by atoms with Crippen molar-refractivity contribution in [2.45, 2.75) is 45.7 Å². The lowest BCUT2D eigenvalue weighted by molar-refractivity contribution is -0.155. The van der Waals surface area contributed by atoms with Crippen molar-refractivity contribution in [1.29, 1.82) is 0 Å². The summed E-state index contributed by atoms with van der Waals surface area (Å²) in [4.78, 5) is 19.9. The Morgan fingerprint density at radius 1 is 1.40 bits per heavy atom. The molecule has 2 unspecified atom stereocenters. The number of hydrogen-bond acceptors (Lipinski definition) is 4. The van der Waals surface area contributed by atoms with Gasteiger partial charge in [0, 0.05) is 43.9 Å². The van der Waals surface area contributed by atoms with Gasteiger partial charge in [0.25, 0.3) is 0 Å². The van der Waals surface area contributed by atoms with Crippen molar-refractivity contribution >= 4 is 5.91 Å². The fraction of sp³-hybridized carbons (Fsp3) is 0.789. The van der Waals surface area contributed by atoms with Crippen LogP contribution >= 0.6 is 0 Å². The fourth-order valence-corrected chi connectivity index (χ4v) is 4.94. The number of nitrogens with one attached hydrogen (secondary N) is 1. The number of likely N-dealkylation sites (tertiary alicyclic amines) is 1. The largest absolute Gasteiger partial charge is 0.383 e. The summed E-state index contributed by atoms with van der Waals surface area (Å²) in [6, 6.07) is 0.0752. The van der Waals surface area contributed by atoms with Gasteiger partial charge < -0.3 is 19.5 Å². The number of hydrogen-bond donors (Lipinski definition) is 1. The highest BCUT2D eigenvalue weighted by molar-refractivity contribution is 5.84. The van der Waals surface area contributed by atoms with E-state index in [0.29, 0.717) is 12.5 Å². The molecular formula is C19H30N4O2. The van der Waals surface area contributed by atoms with Crippen LogP contribution in [0.1, 0.15) is 45.0 Å². The zero-order chi connectivity index (χ0) is 17.7. The van der Waals surface area contributed by atoms with Gasteiger partial charge in [-0.1, -0.05) is 13.8 Å². The predicted octanol–water partition coefficient (Wildman–Crippen LogP) is 1.83. The van der Waals surface area contributed by atoms with Crippen molar-refractivity contribution in [3.05, 3.63) is 18.2 Å². The first-order valence-corrected chi connectivity index (χ1v) is 9.50. The number of ether oxygens (including phenoxy) is 1. The smallest absolute Gasteiger partial charge is 0.226 e. The topological polar surface area (TPSA) is 59.4 Å². The second-order valence-electron chi connectivity index (χ2n) is 8.70. The minimum absolute atomic E-state index is 0.0714. The summed E-state index contributed by atoms with van der Waals surface area (Å²) >= 11 is 0. The number of piperidine rings is 1. The molecule has 2 atom stereocenters. The molecule has 0 aromatic carbocycles. The van der Waals surface area contributed by atoms with E-state index in [1.54, 1.807) is 7.11 Å². The van der Waals surface area contributed by atoms with Gasteiger partial charge in [-0.15, -0.1) is 0 Å². The molecule has 0 radical (unpaired) electrons. The van der Waals surface area contributed by atoms with Gasteiger partial charge in [-0.25, -0.2) is 4.98 Å². The Labute approximate surface area is 149 Å². The Morgan fingerprint density at radius 2 is 2.16 bits per heavy atom. The van der Waals surface area contributed by atoms with E-state index >= 15 is 0 Å². The SMILES string of the molecule is COCCn1ccnc1C1N(C(=O)C2CC23CCNCC3)CC1(C)C. The molecule has 2 saturated heterocycles. The Kier molecular flexibility index (Phi) is 4.15. The average Bonchev–Trinajstić information content (AvgIpc) is 3.08. The van der Waals surface area contributed by atoms with Crippen molar-refractivity contribution in [3.8, 4) is 0 Å². The number of aromatic nitrogens is 2. The van der Waals surface area contributed by atoms with Gasteiger partial charge >= 0.3 is 0 Å². The molecule has 3 aliphatic rings. The Morgan fingerprint density at radius 3 is 2.84 bits per heavy atom. The molecule has 6 heteroatoms. The summed E-state index contributed by atoms with van der Waals surface area (Å²) in [5.74, 6) is 1.59. The second-order valence-corrected chi connectivity index (χ2v) is 8.70. The van der Waals surface area contributed by atoms with Crippen LogP contribution in [-0.2, 0) is 16.1 Å². The van der Waals surface area contributed by atoms with Crippen LogP contribution in [0.15, 0.2) is 12.4 Å². The Bertz CT molecular complexity index is 648. The lowest BCUT2D eigenvalue weighted by atomic mass is 9.73. The van der Waals surface area contributed by atoms with E-state index < -0.39 is 0 Å². The fourth-order valence-electron chi connectivity index (χ4n) is 4.94. The second kappa shape index (κ2) is 6.09. The van der Waals surface area contributed by atoms with Crippen molar-refractivity contribution in [1.82, 2.24) is 19.8 Å². The molecule has 1 N–H and O–H groups in total. The van der Waals surface area contributed by atoms with Crippen molar-refractivity contribution < 1.29 is 9.53 Å². The standard InChI is InChI=1S/C19H30N4O2/c1-18(2)13-23(15(18)16-21-8-9-22(16)10-11-25-3)17(24)14-12-19(14)4-6-20-7-5-19/h8-9,14-15,20H,4-7,10-13H2,1-3H3. The van der Waals surface area contributed by atoms with Crippen molar-refractivity contribution in [2.24, 2.45) is 16.7 Å². The first-order valence-electron chi connectivity index (χ1n) is 9.50. The third-order valence-corrected chi connectivity index (χ3v) is 6.53. The molecule has 3 heterocycles. The molecule has 138 valence electrons. The van der Waals surface area contributed by atoms with Crippen LogP contribution in [0.5, 0.6) is 0 Å². The van der Waals surface area contributed by atoms with Crippen molar-refractivity contribution in [3.63, 3.8) is 0 Å². The van der Waals surface area contributed by atoms with E-state index in [4.69, 9.17) is 4.74 Å². The number of carbonyl (C=O) groups excluding carboxylic acids is 1. The van der Waals surface area contributed by atoms with E-state index in [0.717, 1.165) is 51.3 Å². The number of methoxy groups -OCH3 is 1. The molecule has 0 bridgehead atoms. The highest BCUT2D eigenvalue weighted by Gasteiger charge is 2.62. The van der Waals surface area contributed by atoms with Gasteiger partial charge in [0.2, 0.25) is 5.91 Å². The molecule has 1 aliphatic carbocycles. The number of amides is 1. The maximum atomic E-state index is 13.2. The van der Waals surface area contributed by atoms with Crippen LogP contribution in [0.4, 0.5) is 0 Å². The maximum absolute atomic E-state index is 13.2. The molecule has 4 rings (SSSR count). The number of imidazole rings is 1. The molecule has 1 aromatic heterocycles. The first kappa shape index (κ1) is 17.0. The zero-order valence-electron chi connectivity index (χ0n) is 15.6. The number of carbonyl (C=O) groups is 1. The molecular weight excluding hydrogens is 316 g/mol. The predicted molar refractivity (Wildman–Crippen MR) is 95.0 cm³/mol.